The third-order valence-electron chi connectivity index (χ3n) is 2.87. The van der Waals surface area contributed by atoms with Gasteiger partial charge in [-0.2, -0.15) is 0 Å². The summed E-state index contributed by atoms with van der Waals surface area (Å²) in [6.45, 7) is 6.40. The van der Waals surface area contributed by atoms with E-state index in [9.17, 15) is 4.79 Å². The van der Waals surface area contributed by atoms with Gasteiger partial charge in [0.2, 0.25) is 0 Å². The number of aromatic nitrogens is 1. The molecule has 0 spiro atoms. The van der Waals surface area contributed by atoms with Crippen LogP contribution in [0.4, 0.5) is 10.8 Å². The lowest BCUT2D eigenvalue weighted by Gasteiger charge is -2.12. The second kappa shape index (κ2) is 6.58. The standard InChI is InChI=1S/C15H19N3O2S/c1-4-7-20-12-8-9(2)5-6-11(12)18-14(19)13-10(3)17-15(16)21-13/h5-6,8H,4,7H2,1-3H3,(H2,16,17)(H,18,19). The number of nitrogens with one attached hydrogen (secondary N) is 1. The Labute approximate surface area is 128 Å². The number of amides is 1. The summed E-state index contributed by atoms with van der Waals surface area (Å²) in [7, 11) is 0. The summed E-state index contributed by atoms with van der Waals surface area (Å²) in [5, 5.41) is 3.26. The lowest BCUT2D eigenvalue weighted by atomic mass is 10.2. The second-order valence-corrected chi connectivity index (χ2v) is 5.80. The van der Waals surface area contributed by atoms with Crippen molar-refractivity contribution < 1.29 is 9.53 Å². The van der Waals surface area contributed by atoms with Crippen LogP contribution in [0.5, 0.6) is 5.75 Å². The van der Waals surface area contributed by atoms with Gasteiger partial charge in [-0.15, -0.1) is 0 Å². The van der Waals surface area contributed by atoms with Gasteiger partial charge in [0, 0.05) is 0 Å². The number of aryl methyl sites for hydroxylation is 2. The Morgan fingerprint density at radius 3 is 2.81 bits per heavy atom. The van der Waals surface area contributed by atoms with E-state index in [4.69, 9.17) is 10.5 Å². The zero-order chi connectivity index (χ0) is 15.4. The number of hydrogen-bond donors (Lipinski definition) is 2. The monoisotopic (exact) mass is 305 g/mol. The van der Waals surface area contributed by atoms with E-state index < -0.39 is 0 Å². The number of ether oxygens (including phenoxy) is 1. The molecule has 6 heteroatoms. The van der Waals surface area contributed by atoms with E-state index in [2.05, 4.69) is 10.3 Å². The molecule has 0 aliphatic rings. The number of carbonyl (C=O) groups is 1. The summed E-state index contributed by atoms with van der Waals surface area (Å²) in [6, 6.07) is 5.69. The molecule has 0 unspecified atom stereocenters. The predicted octanol–water partition coefficient (Wildman–Crippen LogP) is 3.38. The molecule has 0 saturated heterocycles. The van der Waals surface area contributed by atoms with Crippen LogP contribution in [0.3, 0.4) is 0 Å². The van der Waals surface area contributed by atoms with Gasteiger partial charge in [0.1, 0.15) is 10.6 Å². The fourth-order valence-electron chi connectivity index (χ4n) is 1.87. The predicted molar refractivity (Wildman–Crippen MR) is 86.2 cm³/mol. The molecule has 0 saturated carbocycles. The number of anilines is 2. The van der Waals surface area contributed by atoms with E-state index in [1.165, 1.54) is 11.3 Å². The molecule has 0 atom stereocenters. The molecule has 0 aliphatic carbocycles. The average Bonchev–Trinajstić information content (AvgIpc) is 2.78. The first kappa shape index (κ1) is 15.3. The minimum absolute atomic E-state index is 0.216. The highest BCUT2D eigenvalue weighted by Gasteiger charge is 2.16. The van der Waals surface area contributed by atoms with Crippen molar-refractivity contribution in [1.82, 2.24) is 4.98 Å². The van der Waals surface area contributed by atoms with Crippen molar-refractivity contribution in [3.05, 3.63) is 34.3 Å². The van der Waals surface area contributed by atoms with Crippen LogP contribution in [0.15, 0.2) is 18.2 Å². The molecule has 2 aromatic rings. The maximum atomic E-state index is 12.3. The first-order valence-corrected chi connectivity index (χ1v) is 7.60. The van der Waals surface area contributed by atoms with E-state index in [1.807, 2.05) is 32.0 Å². The van der Waals surface area contributed by atoms with Crippen molar-refractivity contribution in [2.75, 3.05) is 17.7 Å². The van der Waals surface area contributed by atoms with Crippen molar-refractivity contribution in [2.24, 2.45) is 0 Å². The van der Waals surface area contributed by atoms with Crippen molar-refractivity contribution in [1.29, 1.82) is 0 Å². The van der Waals surface area contributed by atoms with Gasteiger partial charge >= 0.3 is 0 Å². The van der Waals surface area contributed by atoms with E-state index in [0.29, 0.717) is 33.7 Å². The van der Waals surface area contributed by atoms with Crippen LogP contribution in [0.25, 0.3) is 0 Å². The van der Waals surface area contributed by atoms with Crippen LogP contribution in [0.1, 0.15) is 34.3 Å². The third-order valence-corrected chi connectivity index (χ3v) is 3.85. The fraction of sp³-hybridized carbons (Fsp3) is 0.333. The lowest BCUT2D eigenvalue weighted by molar-refractivity contribution is 0.102. The number of thiazole rings is 1. The normalized spacial score (nSPS) is 10.4. The molecular formula is C15H19N3O2S. The van der Waals surface area contributed by atoms with Crippen LogP contribution >= 0.6 is 11.3 Å². The van der Waals surface area contributed by atoms with Gasteiger partial charge in [0.15, 0.2) is 5.13 Å². The highest BCUT2D eigenvalue weighted by Crippen LogP contribution is 2.28. The highest BCUT2D eigenvalue weighted by atomic mass is 32.1. The Morgan fingerprint density at radius 2 is 2.19 bits per heavy atom. The molecular weight excluding hydrogens is 286 g/mol. The third kappa shape index (κ3) is 3.72. The van der Waals surface area contributed by atoms with E-state index >= 15 is 0 Å². The van der Waals surface area contributed by atoms with Crippen LogP contribution in [0, 0.1) is 13.8 Å². The van der Waals surface area contributed by atoms with Gasteiger partial charge in [-0.25, -0.2) is 4.98 Å². The SMILES string of the molecule is CCCOc1cc(C)ccc1NC(=O)c1sc(N)nc1C. The van der Waals surface area contributed by atoms with Gasteiger partial charge in [0.25, 0.3) is 5.91 Å². The minimum Gasteiger partial charge on any atom is -0.491 e. The van der Waals surface area contributed by atoms with Crippen molar-refractivity contribution in [2.45, 2.75) is 27.2 Å². The molecule has 2 rings (SSSR count). The van der Waals surface area contributed by atoms with E-state index in [-0.39, 0.29) is 5.91 Å². The molecule has 1 heterocycles. The number of carbonyl (C=O) groups excluding carboxylic acids is 1. The number of nitrogens with zero attached hydrogens (tertiary/aromatic N) is 1. The van der Waals surface area contributed by atoms with Gasteiger partial charge in [-0.1, -0.05) is 24.3 Å². The molecule has 112 valence electrons. The largest absolute Gasteiger partial charge is 0.491 e. The Morgan fingerprint density at radius 1 is 1.43 bits per heavy atom. The fourth-order valence-corrected chi connectivity index (χ4v) is 2.60. The zero-order valence-corrected chi connectivity index (χ0v) is 13.2. The number of nitrogens with two attached hydrogens (primary N) is 1. The zero-order valence-electron chi connectivity index (χ0n) is 12.4. The second-order valence-electron chi connectivity index (χ2n) is 4.77. The Bertz CT molecular complexity index is 652. The van der Waals surface area contributed by atoms with Crippen molar-refractivity contribution >= 4 is 28.1 Å². The molecule has 0 fully saturated rings. The first-order valence-electron chi connectivity index (χ1n) is 6.79. The van der Waals surface area contributed by atoms with Crippen LogP contribution in [-0.2, 0) is 0 Å². The molecule has 5 nitrogen and oxygen atoms in total. The molecule has 1 aromatic carbocycles. The number of benzene rings is 1. The summed E-state index contributed by atoms with van der Waals surface area (Å²) in [5.41, 5.74) is 8.00. The Hall–Kier alpha value is -2.08. The molecule has 1 amide bonds. The topological polar surface area (TPSA) is 77.2 Å². The van der Waals surface area contributed by atoms with E-state index in [1.54, 1.807) is 6.92 Å². The number of nitrogen functional groups attached to an aromatic ring is 1. The Balaban J connectivity index is 2.22. The molecule has 21 heavy (non-hydrogen) atoms. The molecule has 0 aliphatic heterocycles. The van der Waals surface area contributed by atoms with Crippen molar-refractivity contribution in [3.8, 4) is 5.75 Å². The molecule has 3 N–H and O–H groups in total. The summed E-state index contributed by atoms with van der Waals surface area (Å²) in [4.78, 5) is 16.9. The number of rotatable bonds is 5. The summed E-state index contributed by atoms with van der Waals surface area (Å²) in [5.74, 6) is 0.465. The lowest BCUT2D eigenvalue weighted by Crippen LogP contribution is -2.13. The Kier molecular flexibility index (Phi) is 4.80. The molecule has 1 aromatic heterocycles. The smallest absolute Gasteiger partial charge is 0.267 e. The van der Waals surface area contributed by atoms with Gasteiger partial charge in [0.05, 0.1) is 18.0 Å². The van der Waals surface area contributed by atoms with Crippen LogP contribution in [-0.4, -0.2) is 17.5 Å². The summed E-state index contributed by atoms with van der Waals surface area (Å²) >= 11 is 1.18. The maximum Gasteiger partial charge on any atom is 0.267 e. The minimum atomic E-state index is -0.216. The van der Waals surface area contributed by atoms with Crippen LogP contribution in [0.2, 0.25) is 0 Å². The maximum absolute atomic E-state index is 12.3. The highest BCUT2D eigenvalue weighted by molar-refractivity contribution is 7.17. The first-order chi connectivity index (χ1) is 10.0. The number of hydrogen-bond acceptors (Lipinski definition) is 5. The van der Waals surface area contributed by atoms with Crippen LogP contribution < -0.4 is 15.8 Å². The molecule has 0 bridgehead atoms. The van der Waals surface area contributed by atoms with Gasteiger partial charge in [-0.3, -0.25) is 4.79 Å². The quantitative estimate of drug-likeness (QED) is 0.887. The summed E-state index contributed by atoms with van der Waals surface area (Å²) in [6.07, 6.45) is 0.909. The summed E-state index contributed by atoms with van der Waals surface area (Å²) < 4.78 is 5.69. The van der Waals surface area contributed by atoms with E-state index in [0.717, 1.165) is 12.0 Å². The average molecular weight is 305 g/mol. The molecule has 0 radical (unpaired) electrons. The van der Waals surface area contributed by atoms with Gasteiger partial charge in [-0.05, 0) is 38.0 Å². The van der Waals surface area contributed by atoms with Gasteiger partial charge < -0.3 is 15.8 Å². The van der Waals surface area contributed by atoms with Crippen molar-refractivity contribution in [3.63, 3.8) is 0 Å².